The average molecular weight is 295 g/mol. The summed E-state index contributed by atoms with van der Waals surface area (Å²) < 4.78 is 10.3. The Morgan fingerprint density at radius 2 is 1.81 bits per heavy atom. The highest BCUT2D eigenvalue weighted by Crippen LogP contribution is 2.28. The van der Waals surface area contributed by atoms with Gasteiger partial charge in [0.1, 0.15) is 23.1 Å². The highest BCUT2D eigenvalue weighted by molar-refractivity contribution is 6.01. The number of unbranched alkanes of at least 4 members (excludes halogenated alkanes) is 1. The number of aliphatic carboxylic acids is 1. The zero-order valence-electron chi connectivity index (χ0n) is 12.5. The van der Waals surface area contributed by atoms with E-state index in [-0.39, 0.29) is 5.56 Å². The molecule has 0 spiro atoms. The Balaban J connectivity index is 2.99. The van der Waals surface area contributed by atoms with Crippen LogP contribution in [0.5, 0.6) is 11.5 Å². The van der Waals surface area contributed by atoms with E-state index in [1.807, 2.05) is 6.92 Å². The molecule has 0 radical (unpaired) electrons. The van der Waals surface area contributed by atoms with Gasteiger partial charge >= 0.3 is 5.97 Å². The first-order chi connectivity index (χ1) is 10.0. The van der Waals surface area contributed by atoms with Crippen LogP contribution in [-0.4, -0.2) is 37.2 Å². The largest absolute Gasteiger partial charge is 0.496 e. The minimum Gasteiger partial charge on any atom is -0.496 e. The van der Waals surface area contributed by atoms with Gasteiger partial charge in [0, 0.05) is 0 Å². The third-order valence-electron chi connectivity index (χ3n) is 3.10. The standard InChI is InChI=1S/C15H21NO5/c1-4-5-7-10(15(18)19)16-14(17)13-11(20-2)8-6-9-12(13)21-3/h6,8-10H,4-5,7H2,1-3H3,(H,16,17)(H,18,19)/t10-/m0/s1. The van der Waals surface area contributed by atoms with Gasteiger partial charge in [-0.05, 0) is 18.6 Å². The molecular formula is C15H21NO5. The molecule has 1 aromatic carbocycles. The molecule has 0 unspecified atom stereocenters. The minimum atomic E-state index is -1.05. The van der Waals surface area contributed by atoms with Crippen LogP contribution < -0.4 is 14.8 Å². The van der Waals surface area contributed by atoms with Gasteiger partial charge < -0.3 is 19.9 Å². The molecule has 0 fully saturated rings. The van der Waals surface area contributed by atoms with Crippen LogP contribution in [0.2, 0.25) is 0 Å². The molecule has 2 N–H and O–H groups in total. The highest BCUT2D eigenvalue weighted by atomic mass is 16.5. The van der Waals surface area contributed by atoms with Gasteiger partial charge in [0.25, 0.3) is 5.91 Å². The van der Waals surface area contributed by atoms with E-state index >= 15 is 0 Å². The van der Waals surface area contributed by atoms with Crippen molar-refractivity contribution in [2.24, 2.45) is 0 Å². The summed E-state index contributed by atoms with van der Waals surface area (Å²) >= 11 is 0. The SMILES string of the molecule is CCCC[C@H](NC(=O)c1c(OC)cccc1OC)C(=O)O. The predicted octanol–water partition coefficient (Wildman–Crippen LogP) is 2.08. The van der Waals surface area contributed by atoms with Crippen molar-refractivity contribution >= 4 is 11.9 Å². The van der Waals surface area contributed by atoms with Crippen molar-refractivity contribution in [2.45, 2.75) is 32.2 Å². The smallest absolute Gasteiger partial charge is 0.326 e. The van der Waals surface area contributed by atoms with Crippen molar-refractivity contribution in [1.29, 1.82) is 0 Å². The molecule has 1 amide bonds. The summed E-state index contributed by atoms with van der Waals surface area (Å²) in [6.45, 7) is 1.96. The minimum absolute atomic E-state index is 0.199. The number of rotatable bonds is 8. The van der Waals surface area contributed by atoms with Crippen molar-refractivity contribution in [3.05, 3.63) is 23.8 Å². The Bertz CT molecular complexity index is 479. The van der Waals surface area contributed by atoms with Crippen LogP contribution in [0, 0.1) is 0 Å². The Kier molecular flexibility index (Phi) is 6.52. The second-order valence-electron chi connectivity index (χ2n) is 4.54. The summed E-state index contributed by atoms with van der Waals surface area (Å²) in [5, 5.41) is 11.7. The topological polar surface area (TPSA) is 84.9 Å². The molecule has 0 saturated carbocycles. The van der Waals surface area contributed by atoms with Crippen LogP contribution in [0.1, 0.15) is 36.5 Å². The fraction of sp³-hybridized carbons (Fsp3) is 0.467. The molecule has 116 valence electrons. The molecule has 1 aromatic rings. The summed E-state index contributed by atoms with van der Waals surface area (Å²) in [5.74, 6) is -0.892. The van der Waals surface area contributed by atoms with Crippen LogP contribution >= 0.6 is 0 Å². The number of methoxy groups -OCH3 is 2. The van der Waals surface area contributed by atoms with E-state index in [0.717, 1.165) is 12.8 Å². The third kappa shape index (κ3) is 4.37. The van der Waals surface area contributed by atoms with Crippen LogP contribution in [0.15, 0.2) is 18.2 Å². The van der Waals surface area contributed by atoms with E-state index < -0.39 is 17.9 Å². The van der Waals surface area contributed by atoms with Gasteiger partial charge in [0.05, 0.1) is 14.2 Å². The van der Waals surface area contributed by atoms with Crippen molar-refractivity contribution in [3.63, 3.8) is 0 Å². The fourth-order valence-corrected chi connectivity index (χ4v) is 1.97. The molecule has 0 aliphatic rings. The number of benzene rings is 1. The van der Waals surface area contributed by atoms with Gasteiger partial charge in [-0.2, -0.15) is 0 Å². The van der Waals surface area contributed by atoms with Crippen molar-refractivity contribution < 1.29 is 24.2 Å². The Hall–Kier alpha value is -2.24. The van der Waals surface area contributed by atoms with Gasteiger partial charge in [-0.3, -0.25) is 4.79 Å². The molecule has 1 atom stereocenters. The number of carbonyl (C=O) groups is 2. The lowest BCUT2D eigenvalue weighted by Gasteiger charge is -2.17. The predicted molar refractivity (Wildman–Crippen MR) is 78.0 cm³/mol. The first-order valence-electron chi connectivity index (χ1n) is 6.79. The lowest BCUT2D eigenvalue weighted by atomic mass is 10.1. The molecule has 1 rings (SSSR count). The molecule has 6 heteroatoms. The number of carboxylic acids is 1. The number of carbonyl (C=O) groups excluding carboxylic acids is 1. The molecule has 0 aromatic heterocycles. The van der Waals surface area contributed by atoms with E-state index in [4.69, 9.17) is 9.47 Å². The number of hydrogen-bond donors (Lipinski definition) is 2. The molecule has 0 aliphatic carbocycles. The molecule has 0 bridgehead atoms. The second-order valence-corrected chi connectivity index (χ2v) is 4.54. The normalized spacial score (nSPS) is 11.6. The Labute approximate surface area is 124 Å². The molecule has 0 aliphatic heterocycles. The van der Waals surface area contributed by atoms with Crippen LogP contribution in [0.25, 0.3) is 0 Å². The van der Waals surface area contributed by atoms with Crippen molar-refractivity contribution in [2.75, 3.05) is 14.2 Å². The molecule has 0 heterocycles. The lowest BCUT2D eigenvalue weighted by Crippen LogP contribution is -2.41. The maximum atomic E-state index is 12.3. The Morgan fingerprint density at radius 3 is 2.24 bits per heavy atom. The zero-order chi connectivity index (χ0) is 15.8. The maximum Gasteiger partial charge on any atom is 0.326 e. The monoisotopic (exact) mass is 295 g/mol. The van der Waals surface area contributed by atoms with Crippen LogP contribution in [0.3, 0.4) is 0 Å². The maximum absolute atomic E-state index is 12.3. The highest BCUT2D eigenvalue weighted by Gasteiger charge is 2.24. The number of ether oxygens (including phenoxy) is 2. The first kappa shape index (κ1) is 16.8. The molecule has 0 saturated heterocycles. The molecule has 6 nitrogen and oxygen atoms in total. The van der Waals surface area contributed by atoms with Crippen molar-refractivity contribution in [1.82, 2.24) is 5.32 Å². The number of carboxylic acid groups (broad SMARTS) is 1. The van der Waals surface area contributed by atoms with Gasteiger partial charge in [0.15, 0.2) is 0 Å². The summed E-state index contributed by atoms with van der Waals surface area (Å²) in [6.07, 6.45) is 1.97. The van der Waals surface area contributed by atoms with Crippen LogP contribution in [0.4, 0.5) is 0 Å². The summed E-state index contributed by atoms with van der Waals surface area (Å²) in [4.78, 5) is 23.6. The quantitative estimate of drug-likeness (QED) is 0.767. The number of nitrogens with one attached hydrogen (secondary N) is 1. The summed E-state index contributed by atoms with van der Waals surface area (Å²) in [5.41, 5.74) is 0.199. The van der Waals surface area contributed by atoms with E-state index in [9.17, 15) is 14.7 Å². The van der Waals surface area contributed by atoms with Crippen LogP contribution in [-0.2, 0) is 4.79 Å². The van der Waals surface area contributed by atoms with E-state index in [0.29, 0.717) is 17.9 Å². The second kappa shape index (κ2) is 8.14. The van der Waals surface area contributed by atoms with E-state index in [1.165, 1.54) is 14.2 Å². The van der Waals surface area contributed by atoms with Gasteiger partial charge in [-0.25, -0.2) is 4.79 Å². The van der Waals surface area contributed by atoms with Gasteiger partial charge in [-0.1, -0.05) is 25.8 Å². The lowest BCUT2D eigenvalue weighted by molar-refractivity contribution is -0.139. The molecule has 21 heavy (non-hydrogen) atoms. The summed E-state index contributed by atoms with van der Waals surface area (Å²) in [6, 6.07) is 4.02. The first-order valence-corrected chi connectivity index (χ1v) is 6.79. The van der Waals surface area contributed by atoms with Gasteiger partial charge in [-0.15, -0.1) is 0 Å². The average Bonchev–Trinajstić information content (AvgIpc) is 2.49. The fourth-order valence-electron chi connectivity index (χ4n) is 1.97. The zero-order valence-corrected chi connectivity index (χ0v) is 12.5. The third-order valence-corrected chi connectivity index (χ3v) is 3.10. The van der Waals surface area contributed by atoms with E-state index in [1.54, 1.807) is 18.2 Å². The van der Waals surface area contributed by atoms with Gasteiger partial charge in [0.2, 0.25) is 0 Å². The molecular weight excluding hydrogens is 274 g/mol. The van der Waals surface area contributed by atoms with Crippen molar-refractivity contribution in [3.8, 4) is 11.5 Å². The number of amides is 1. The summed E-state index contributed by atoms with van der Waals surface area (Å²) in [7, 11) is 2.88. The Morgan fingerprint density at radius 1 is 1.24 bits per heavy atom. The number of hydrogen-bond acceptors (Lipinski definition) is 4. The van der Waals surface area contributed by atoms with E-state index in [2.05, 4.69) is 5.32 Å².